The van der Waals surface area contributed by atoms with Gasteiger partial charge in [-0.3, -0.25) is 4.79 Å². The molecule has 0 saturated carbocycles. The van der Waals surface area contributed by atoms with Gasteiger partial charge < -0.3 is 19.0 Å². The molecule has 0 aliphatic carbocycles. The Morgan fingerprint density at radius 3 is 2.65 bits per heavy atom. The number of carboxylic acid groups (broad SMARTS) is 1. The molecule has 0 unspecified atom stereocenters. The van der Waals surface area contributed by atoms with Crippen LogP contribution in [0.4, 0.5) is 0 Å². The van der Waals surface area contributed by atoms with Gasteiger partial charge in [0.25, 0.3) is 5.56 Å². The fraction of sp³-hybridized carbons (Fsp3) is 0.0625. The van der Waals surface area contributed by atoms with Crippen LogP contribution in [0.1, 0.15) is 21.5 Å². The molecule has 2 heterocycles. The number of hydrogen-bond donors (Lipinski definition) is 1. The average molecular weight is 659 g/mol. The smallest absolute Gasteiger partial charge is 0.335 e. The van der Waals surface area contributed by atoms with E-state index in [1.165, 1.54) is 30.1 Å². The Morgan fingerprint density at radius 2 is 1.88 bits per heavy atom. The maximum atomic E-state index is 13.6. The van der Waals surface area contributed by atoms with E-state index in [2.05, 4.69) is 21.0 Å². The van der Waals surface area contributed by atoms with Gasteiger partial charge in [0.15, 0.2) is 17.3 Å². The summed E-state index contributed by atoms with van der Waals surface area (Å²) in [7, 11) is 1.48. The molecule has 1 N–H and O–H groups in total. The summed E-state index contributed by atoms with van der Waals surface area (Å²) in [5.41, 5.74) is 2.26. The lowest BCUT2D eigenvalue weighted by Crippen LogP contribution is -2.20. The van der Waals surface area contributed by atoms with Crippen LogP contribution in [0.15, 0.2) is 104 Å². The van der Waals surface area contributed by atoms with E-state index in [0.29, 0.717) is 39.3 Å². The second-order valence-corrected chi connectivity index (χ2v) is 10.8. The van der Waals surface area contributed by atoms with Gasteiger partial charge in [0.05, 0.1) is 34.8 Å². The third-order valence-electron chi connectivity index (χ3n) is 6.61. The van der Waals surface area contributed by atoms with Crippen LogP contribution in [0.25, 0.3) is 33.5 Å². The largest absolute Gasteiger partial charge is 0.493 e. The summed E-state index contributed by atoms with van der Waals surface area (Å²) in [4.78, 5) is 29.4. The number of furan rings is 1. The molecular formula is C32H21BrClN3O6. The topological polar surface area (TPSA) is 116 Å². The highest BCUT2D eigenvalue weighted by molar-refractivity contribution is 9.10. The molecule has 0 amide bonds. The van der Waals surface area contributed by atoms with Gasteiger partial charge in [-0.1, -0.05) is 51.8 Å². The van der Waals surface area contributed by atoms with Gasteiger partial charge in [-0.05, 0) is 71.8 Å². The Bertz CT molecular complexity index is 2100. The molecule has 6 rings (SSSR count). The van der Waals surface area contributed by atoms with Gasteiger partial charge in [-0.15, -0.1) is 0 Å². The summed E-state index contributed by atoms with van der Waals surface area (Å²) in [5.74, 6) is 0.266. The van der Waals surface area contributed by atoms with Gasteiger partial charge >= 0.3 is 5.97 Å². The second kappa shape index (κ2) is 11.7. The van der Waals surface area contributed by atoms with Crippen molar-refractivity contribution in [1.29, 1.82) is 0 Å². The highest BCUT2D eigenvalue weighted by atomic mass is 79.9. The van der Waals surface area contributed by atoms with Crippen molar-refractivity contribution in [3.63, 3.8) is 0 Å². The standard InChI is InChI=1S/C32H21BrClN3O6/c1-41-27-13-19(12-24(34)29(27)42-17-18-6-8-20(9-7-18)32(39)40)16-35-37-30(36-25-5-3-2-4-23(25)31(37)38)28-15-21-14-22(33)10-11-26(21)43-28/h2-16H,17H2,1H3,(H,39,40). The van der Waals surface area contributed by atoms with Crippen molar-refractivity contribution >= 4 is 61.6 Å². The van der Waals surface area contributed by atoms with Crippen LogP contribution in [0.5, 0.6) is 11.5 Å². The molecule has 0 aliphatic rings. The van der Waals surface area contributed by atoms with Crippen LogP contribution in [0.2, 0.25) is 5.02 Å². The number of fused-ring (bicyclic) bond motifs is 2. The number of hydrogen-bond acceptors (Lipinski definition) is 7. The Balaban J connectivity index is 1.36. The molecule has 0 fully saturated rings. The predicted molar refractivity (Wildman–Crippen MR) is 168 cm³/mol. The minimum absolute atomic E-state index is 0.138. The predicted octanol–water partition coefficient (Wildman–Crippen LogP) is 7.39. The van der Waals surface area contributed by atoms with Crippen molar-refractivity contribution in [2.24, 2.45) is 5.10 Å². The van der Waals surface area contributed by atoms with E-state index >= 15 is 0 Å². The van der Waals surface area contributed by atoms with Crippen molar-refractivity contribution in [3.8, 4) is 23.1 Å². The highest BCUT2D eigenvalue weighted by Crippen LogP contribution is 2.37. The first-order chi connectivity index (χ1) is 20.8. The fourth-order valence-electron chi connectivity index (χ4n) is 4.49. The number of aromatic nitrogens is 2. The summed E-state index contributed by atoms with van der Waals surface area (Å²) < 4.78 is 19.6. The van der Waals surface area contributed by atoms with Gasteiger partial charge in [0.2, 0.25) is 5.82 Å². The van der Waals surface area contributed by atoms with Gasteiger partial charge in [0.1, 0.15) is 12.2 Å². The number of ether oxygens (including phenoxy) is 2. The minimum atomic E-state index is -1.01. The molecule has 6 aromatic rings. The second-order valence-electron chi connectivity index (χ2n) is 9.43. The number of aromatic carboxylic acids is 1. The van der Waals surface area contributed by atoms with Crippen LogP contribution < -0.4 is 15.0 Å². The maximum Gasteiger partial charge on any atom is 0.335 e. The van der Waals surface area contributed by atoms with Crippen LogP contribution in [-0.2, 0) is 6.61 Å². The molecule has 9 nitrogen and oxygen atoms in total. The lowest BCUT2D eigenvalue weighted by Gasteiger charge is -2.13. The van der Waals surface area contributed by atoms with Crippen LogP contribution in [0, 0.1) is 0 Å². The van der Waals surface area contributed by atoms with Crippen LogP contribution in [-0.4, -0.2) is 34.1 Å². The van der Waals surface area contributed by atoms with Crippen molar-refractivity contribution in [2.45, 2.75) is 6.61 Å². The zero-order valence-electron chi connectivity index (χ0n) is 22.5. The van der Waals surface area contributed by atoms with Crippen LogP contribution >= 0.6 is 27.5 Å². The molecule has 0 bridgehead atoms. The summed E-state index contributed by atoms with van der Waals surface area (Å²) in [6.07, 6.45) is 1.48. The summed E-state index contributed by atoms with van der Waals surface area (Å²) >= 11 is 10.1. The van der Waals surface area contributed by atoms with Crippen LogP contribution in [0.3, 0.4) is 0 Å². The van der Waals surface area contributed by atoms with Gasteiger partial charge in [0, 0.05) is 9.86 Å². The lowest BCUT2D eigenvalue weighted by atomic mass is 10.1. The van der Waals surface area contributed by atoms with Gasteiger partial charge in [-0.2, -0.15) is 9.78 Å². The number of carbonyl (C=O) groups is 1. The quantitative estimate of drug-likeness (QED) is 0.170. The van der Waals surface area contributed by atoms with E-state index in [1.54, 1.807) is 42.5 Å². The Kier molecular flexibility index (Phi) is 7.71. The zero-order chi connectivity index (χ0) is 30.1. The SMILES string of the molecule is COc1cc(C=Nn2c(-c3cc4cc(Br)ccc4o3)nc3ccccc3c2=O)cc(Cl)c1OCc1ccc(C(=O)O)cc1. The zero-order valence-corrected chi connectivity index (χ0v) is 24.8. The summed E-state index contributed by atoms with van der Waals surface area (Å²) in [6, 6.07) is 24.1. The van der Waals surface area contributed by atoms with E-state index in [9.17, 15) is 9.59 Å². The lowest BCUT2D eigenvalue weighted by molar-refractivity contribution is 0.0697. The van der Waals surface area contributed by atoms with E-state index in [1.807, 2.05) is 30.3 Å². The number of para-hydroxylation sites is 1. The third-order valence-corrected chi connectivity index (χ3v) is 7.38. The summed E-state index contributed by atoms with van der Waals surface area (Å²) in [6.45, 7) is 0.138. The van der Waals surface area contributed by atoms with Crippen molar-refractivity contribution in [2.75, 3.05) is 7.11 Å². The molecule has 2 aromatic heterocycles. The molecule has 0 aliphatic heterocycles. The van der Waals surface area contributed by atoms with Gasteiger partial charge in [-0.25, -0.2) is 9.78 Å². The number of methoxy groups -OCH3 is 1. The monoisotopic (exact) mass is 657 g/mol. The number of carboxylic acids is 1. The van der Waals surface area contributed by atoms with Crippen molar-refractivity contribution in [1.82, 2.24) is 9.66 Å². The van der Waals surface area contributed by atoms with E-state index < -0.39 is 5.97 Å². The van der Waals surface area contributed by atoms with Crippen molar-refractivity contribution in [3.05, 3.63) is 121 Å². The number of halogens is 2. The summed E-state index contributed by atoms with van der Waals surface area (Å²) in [5, 5.41) is 15.1. The molecule has 43 heavy (non-hydrogen) atoms. The normalized spacial score (nSPS) is 11.4. The fourth-order valence-corrected chi connectivity index (χ4v) is 5.15. The van der Waals surface area contributed by atoms with E-state index in [4.69, 9.17) is 35.6 Å². The van der Waals surface area contributed by atoms with Crippen molar-refractivity contribution < 1.29 is 23.8 Å². The molecular weight excluding hydrogens is 638 g/mol. The number of benzene rings is 4. The molecule has 0 atom stereocenters. The van der Waals surface area contributed by atoms with E-state index in [-0.39, 0.29) is 28.6 Å². The first-order valence-electron chi connectivity index (χ1n) is 12.9. The highest BCUT2D eigenvalue weighted by Gasteiger charge is 2.17. The number of rotatable bonds is 8. The molecule has 0 radical (unpaired) electrons. The molecule has 214 valence electrons. The van der Waals surface area contributed by atoms with E-state index in [0.717, 1.165) is 15.4 Å². The molecule has 0 saturated heterocycles. The minimum Gasteiger partial charge on any atom is -0.493 e. The first-order valence-corrected chi connectivity index (χ1v) is 14.1. The Labute approximate surface area is 257 Å². The molecule has 4 aromatic carbocycles. The average Bonchev–Trinajstić information content (AvgIpc) is 3.43. The Hall–Kier alpha value is -4.93. The Morgan fingerprint density at radius 1 is 1.09 bits per heavy atom. The maximum absolute atomic E-state index is 13.6. The molecule has 0 spiro atoms. The first kappa shape index (κ1) is 28.2. The third kappa shape index (κ3) is 5.75. The molecule has 11 heteroatoms. The number of nitrogens with zero attached hydrogens (tertiary/aromatic N) is 3.